The third-order valence-electron chi connectivity index (χ3n) is 7.39. The van der Waals surface area contributed by atoms with Crippen LogP contribution in [0.3, 0.4) is 0 Å². The van der Waals surface area contributed by atoms with Crippen LogP contribution in [0.5, 0.6) is 5.75 Å². The van der Waals surface area contributed by atoms with Crippen LogP contribution < -0.4 is 15.1 Å². The molecule has 3 aromatic carbocycles. The van der Waals surface area contributed by atoms with Crippen LogP contribution in [0.15, 0.2) is 82.6 Å². The number of phenolic OH excluding ortho intramolecular Hbond substituents is 1. The third kappa shape index (κ3) is 5.29. The number of esters is 1. The standard InChI is InChI=1S/C31H24ClN3O7S2/c1-2-42-30(40)16-7-11-18(12-8-16)33-22(37)15-34-29-26(44-31(34)41)23(20-5-3-4-6-21(20)36)24-25(43-29)28(39)35(27(24)38)19-13-9-17(32)10-14-19/h3-14,23-25,36H,2,15H2,1H3,(H,33,37). The summed E-state index contributed by atoms with van der Waals surface area (Å²) < 4.78 is 6.27. The predicted octanol–water partition coefficient (Wildman–Crippen LogP) is 4.88. The maximum absolute atomic E-state index is 13.9. The van der Waals surface area contributed by atoms with Crippen molar-refractivity contribution in [3.8, 4) is 5.75 Å². The summed E-state index contributed by atoms with van der Waals surface area (Å²) in [6.45, 7) is 1.59. The van der Waals surface area contributed by atoms with Gasteiger partial charge in [-0.3, -0.25) is 23.7 Å². The minimum atomic E-state index is -0.908. The number of benzene rings is 3. The van der Waals surface area contributed by atoms with E-state index in [4.69, 9.17) is 16.3 Å². The molecule has 0 bridgehead atoms. The van der Waals surface area contributed by atoms with Crippen LogP contribution >= 0.6 is 34.7 Å². The summed E-state index contributed by atoms with van der Waals surface area (Å²) >= 11 is 7.99. The van der Waals surface area contributed by atoms with E-state index in [1.54, 1.807) is 61.5 Å². The van der Waals surface area contributed by atoms with Crippen molar-refractivity contribution in [2.45, 2.75) is 29.7 Å². The van der Waals surface area contributed by atoms with Gasteiger partial charge in [0.05, 0.1) is 28.8 Å². The second kappa shape index (κ2) is 11.9. The average molecular weight is 650 g/mol. The Hall–Kier alpha value is -4.39. The summed E-state index contributed by atoms with van der Waals surface area (Å²) in [5.74, 6) is -3.68. The first-order chi connectivity index (χ1) is 21.2. The molecule has 44 heavy (non-hydrogen) atoms. The lowest BCUT2D eigenvalue weighted by Gasteiger charge is -2.31. The molecule has 2 aliphatic rings. The number of hydrogen-bond donors (Lipinski definition) is 2. The second-order valence-electron chi connectivity index (χ2n) is 10.1. The van der Waals surface area contributed by atoms with Gasteiger partial charge in [-0.2, -0.15) is 0 Å². The average Bonchev–Trinajstić information content (AvgIpc) is 3.45. The van der Waals surface area contributed by atoms with Gasteiger partial charge in [0.2, 0.25) is 17.7 Å². The Balaban J connectivity index is 1.34. The minimum absolute atomic E-state index is 0.0734. The van der Waals surface area contributed by atoms with Crippen molar-refractivity contribution in [1.82, 2.24) is 4.57 Å². The van der Waals surface area contributed by atoms with E-state index in [1.807, 2.05) is 0 Å². The predicted molar refractivity (Wildman–Crippen MR) is 167 cm³/mol. The topological polar surface area (TPSA) is 135 Å². The molecule has 4 aromatic rings. The summed E-state index contributed by atoms with van der Waals surface area (Å²) in [6, 6.07) is 19.0. The molecule has 0 saturated carbocycles. The molecule has 0 aliphatic carbocycles. The van der Waals surface area contributed by atoms with Gasteiger partial charge < -0.3 is 15.2 Å². The number of rotatable bonds is 7. The number of nitrogens with zero attached hydrogens (tertiary/aromatic N) is 2. The maximum Gasteiger partial charge on any atom is 0.338 e. The number of imide groups is 1. The van der Waals surface area contributed by atoms with Crippen molar-refractivity contribution >= 4 is 69.8 Å². The molecule has 3 atom stereocenters. The molecule has 2 aliphatic heterocycles. The molecule has 1 saturated heterocycles. The number of anilines is 2. The van der Waals surface area contributed by atoms with Crippen molar-refractivity contribution in [1.29, 1.82) is 0 Å². The SMILES string of the molecule is CCOC(=O)c1ccc(NC(=O)Cn2c3c(sc2=O)C(c2ccccc2O)C2C(=O)N(c4ccc(Cl)cc4)C(=O)C2S3)cc1. The van der Waals surface area contributed by atoms with Gasteiger partial charge in [-0.05, 0) is 61.5 Å². The summed E-state index contributed by atoms with van der Waals surface area (Å²) in [7, 11) is 0. The minimum Gasteiger partial charge on any atom is -0.508 e. The largest absolute Gasteiger partial charge is 0.508 e. The summed E-state index contributed by atoms with van der Waals surface area (Å²) in [5, 5.41) is 13.5. The normalized spacial score (nSPS) is 19.0. The molecule has 1 fully saturated rings. The molecule has 3 amide bonds. The fourth-order valence-corrected chi connectivity index (χ4v) is 8.32. The van der Waals surface area contributed by atoms with E-state index < -0.39 is 45.6 Å². The Kier molecular flexibility index (Phi) is 8.06. The molecule has 13 heteroatoms. The maximum atomic E-state index is 13.9. The molecule has 0 spiro atoms. The Bertz CT molecular complexity index is 1850. The monoisotopic (exact) mass is 649 g/mol. The first-order valence-corrected chi connectivity index (χ1v) is 15.6. The fourth-order valence-electron chi connectivity index (χ4n) is 5.43. The molecule has 6 rings (SSSR count). The molecule has 3 heterocycles. The third-order valence-corrected chi connectivity index (χ3v) is 10.2. The second-order valence-corrected chi connectivity index (χ2v) is 12.6. The number of fused-ring (bicyclic) bond motifs is 2. The highest BCUT2D eigenvalue weighted by Gasteiger charge is 2.57. The molecule has 1 aromatic heterocycles. The van der Waals surface area contributed by atoms with Crippen LogP contribution in [0, 0.1) is 5.92 Å². The highest BCUT2D eigenvalue weighted by atomic mass is 35.5. The Morgan fingerprint density at radius 1 is 0.977 bits per heavy atom. The number of thioether (sulfide) groups is 1. The zero-order chi connectivity index (χ0) is 31.1. The van der Waals surface area contributed by atoms with E-state index in [0.29, 0.717) is 37.4 Å². The number of ether oxygens (including phenoxy) is 1. The molecule has 0 radical (unpaired) electrons. The highest BCUT2D eigenvalue weighted by molar-refractivity contribution is 8.00. The van der Waals surface area contributed by atoms with Crippen LogP contribution in [-0.4, -0.2) is 45.2 Å². The Morgan fingerprint density at radius 2 is 1.68 bits per heavy atom. The van der Waals surface area contributed by atoms with Gasteiger partial charge >= 0.3 is 10.8 Å². The molecule has 10 nitrogen and oxygen atoms in total. The first-order valence-electron chi connectivity index (χ1n) is 13.6. The number of nitrogens with one attached hydrogen (secondary N) is 1. The van der Waals surface area contributed by atoms with Gasteiger partial charge in [0.25, 0.3) is 0 Å². The van der Waals surface area contributed by atoms with E-state index in [2.05, 4.69) is 5.32 Å². The Morgan fingerprint density at radius 3 is 2.36 bits per heavy atom. The zero-order valence-electron chi connectivity index (χ0n) is 23.1. The van der Waals surface area contributed by atoms with Gasteiger partial charge in [0.15, 0.2) is 0 Å². The lowest BCUT2D eigenvalue weighted by molar-refractivity contribution is -0.122. The summed E-state index contributed by atoms with van der Waals surface area (Å²) in [5.41, 5.74) is 1.51. The first kappa shape index (κ1) is 29.7. The van der Waals surface area contributed by atoms with Gasteiger partial charge in [-0.15, -0.1) is 0 Å². The van der Waals surface area contributed by atoms with Crippen LogP contribution in [0.1, 0.15) is 33.6 Å². The van der Waals surface area contributed by atoms with E-state index in [9.17, 15) is 29.1 Å². The number of para-hydroxylation sites is 1. The Labute approximate surface area is 264 Å². The number of carbonyl (C=O) groups excluding carboxylic acids is 4. The van der Waals surface area contributed by atoms with Gasteiger partial charge in [0, 0.05) is 27.1 Å². The van der Waals surface area contributed by atoms with Crippen molar-refractivity contribution in [2.24, 2.45) is 5.92 Å². The summed E-state index contributed by atoms with van der Waals surface area (Å²) in [6.07, 6.45) is 0. The number of amides is 3. The fraction of sp³-hybridized carbons (Fsp3) is 0.194. The quantitative estimate of drug-likeness (QED) is 0.214. The van der Waals surface area contributed by atoms with E-state index in [-0.39, 0.29) is 18.9 Å². The molecule has 3 unspecified atom stereocenters. The van der Waals surface area contributed by atoms with Crippen molar-refractivity contribution in [2.75, 3.05) is 16.8 Å². The number of phenols is 1. The van der Waals surface area contributed by atoms with Crippen LogP contribution in [0.2, 0.25) is 5.02 Å². The van der Waals surface area contributed by atoms with E-state index >= 15 is 0 Å². The molecule has 2 N–H and O–H groups in total. The lowest BCUT2D eigenvalue weighted by atomic mass is 9.82. The van der Waals surface area contributed by atoms with Gasteiger partial charge in [-0.1, -0.05) is 52.9 Å². The molecular weight excluding hydrogens is 626 g/mol. The van der Waals surface area contributed by atoms with Crippen LogP contribution in [0.25, 0.3) is 0 Å². The van der Waals surface area contributed by atoms with E-state index in [1.165, 1.54) is 22.8 Å². The number of thiazole rings is 1. The number of carbonyl (C=O) groups is 4. The number of aromatic hydroxyl groups is 1. The van der Waals surface area contributed by atoms with E-state index in [0.717, 1.165) is 28.0 Å². The van der Waals surface area contributed by atoms with Crippen LogP contribution in [0.4, 0.5) is 11.4 Å². The van der Waals surface area contributed by atoms with Crippen molar-refractivity contribution in [3.05, 3.63) is 103 Å². The number of hydrogen-bond acceptors (Lipinski definition) is 9. The molecule has 224 valence electrons. The number of halogens is 1. The smallest absolute Gasteiger partial charge is 0.338 e. The lowest BCUT2D eigenvalue weighted by Crippen LogP contribution is -2.33. The molecular formula is C31H24ClN3O7S2. The zero-order valence-corrected chi connectivity index (χ0v) is 25.4. The van der Waals surface area contributed by atoms with Gasteiger partial charge in [-0.25, -0.2) is 9.69 Å². The summed E-state index contributed by atoms with van der Waals surface area (Å²) in [4.78, 5) is 67.3. The number of aromatic nitrogens is 1. The van der Waals surface area contributed by atoms with Crippen molar-refractivity contribution in [3.63, 3.8) is 0 Å². The van der Waals surface area contributed by atoms with Gasteiger partial charge in [0.1, 0.15) is 17.5 Å². The van der Waals surface area contributed by atoms with Crippen molar-refractivity contribution < 1.29 is 29.0 Å². The van der Waals surface area contributed by atoms with Crippen LogP contribution in [-0.2, 0) is 25.7 Å². The highest BCUT2D eigenvalue weighted by Crippen LogP contribution is 2.55.